The Hall–Kier alpha value is -1.22. The maximum Gasteiger partial charge on any atom is 0.206 e. The van der Waals surface area contributed by atoms with Crippen LogP contribution in [-0.2, 0) is 4.74 Å². The van der Waals surface area contributed by atoms with Crippen molar-refractivity contribution in [2.24, 2.45) is 0 Å². The monoisotopic (exact) mass is 193 g/mol. The van der Waals surface area contributed by atoms with Crippen LogP contribution >= 0.6 is 0 Å². The smallest absolute Gasteiger partial charge is 0.206 e. The van der Waals surface area contributed by atoms with Crippen LogP contribution in [-0.4, -0.2) is 24.0 Å². The summed E-state index contributed by atoms with van der Waals surface area (Å²) in [5.74, 6) is -0.0536. The van der Waals surface area contributed by atoms with Gasteiger partial charge in [-0.25, -0.2) is 0 Å². The molecule has 1 aromatic rings. The van der Waals surface area contributed by atoms with Crippen molar-refractivity contribution in [1.29, 1.82) is 0 Å². The Kier molecular flexibility index (Phi) is 4.26. The lowest BCUT2D eigenvalue weighted by atomic mass is 10.2. The largest absolute Gasteiger partial charge is 0.373 e. The molecule has 0 fully saturated rings. The number of aromatic nitrogens is 1. The van der Waals surface area contributed by atoms with Crippen LogP contribution in [0.15, 0.2) is 18.3 Å². The van der Waals surface area contributed by atoms with Crippen molar-refractivity contribution in [3.63, 3.8) is 0 Å². The third-order valence-electron chi connectivity index (χ3n) is 1.78. The van der Waals surface area contributed by atoms with Gasteiger partial charge in [0.05, 0.1) is 0 Å². The molecule has 0 aliphatic carbocycles. The maximum absolute atomic E-state index is 11.5. The zero-order chi connectivity index (χ0) is 10.4. The highest BCUT2D eigenvalue weighted by Crippen LogP contribution is 2.01. The Morgan fingerprint density at radius 2 is 2.36 bits per heavy atom. The van der Waals surface area contributed by atoms with Crippen molar-refractivity contribution in [1.82, 2.24) is 4.98 Å². The summed E-state index contributed by atoms with van der Waals surface area (Å²) in [5, 5.41) is 0. The van der Waals surface area contributed by atoms with E-state index in [-0.39, 0.29) is 12.4 Å². The second-order valence-corrected chi connectivity index (χ2v) is 3.19. The Labute approximate surface area is 84.1 Å². The molecule has 0 spiro atoms. The first-order valence-corrected chi connectivity index (χ1v) is 4.77. The number of hydrogen-bond acceptors (Lipinski definition) is 3. The van der Waals surface area contributed by atoms with Crippen LogP contribution < -0.4 is 0 Å². The molecule has 0 saturated heterocycles. The molecule has 0 unspecified atom stereocenters. The fourth-order valence-corrected chi connectivity index (χ4v) is 1.07. The Morgan fingerprint density at radius 1 is 1.57 bits per heavy atom. The molecule has 3 nitrogen and oxygen atoms in total. The summed E-state index contributed by atoms with van der Waals surface area (Å²) >= 11 is 0. The average molecular weight is 193 g/mol. The van der Waals surface area contributed by atoms with Crippen molar-refractivity contribution in [2.45, 2.75) is 20.3 Å². The second kappa shape index (κ2) is 5.50. The van der Waals surface area contributed by atoms with Gasteiger partial charge in [-0.1, -0.05) is 6.92 Å². The summed E-state index contributed by atoms with van der Waals surface area (Å²) in [6, 6.07) is 3.64. The van der Waals surface area contributed by atoms with E-state index in [9.17, 15) is 4.79 Å². The normalized spacial score (nSPS) is 10.1. The number of aryl methyl sites for hydroxylation is 1. The SMILES string of the molecule is CCCOCC(=O)c1cc(C)ccn1. The van der Waals surface area contributed by atoms with Crippen molar-refractivity contribution < 1.29 is 9.53 Å². The highest BCUT2D eigenvalue weighted by atomic mass is 16.5. The lowest BCUT2D eigenvalue weighted by Crippen LogP contribution is -2.11. The fraction of sp³-hybridized carbons (Fsp3) is 0.455. The summed E-state index contributed by atoms with van der Waals surface area (Å²) in [5.41, 5.74) is 1.53. The van der Waals surface area contributed by atoms with Crippen LogP contribution in [0.25, 0.3) is 0 Å². The third kappa shape index (κ3) is 3.26. The zero-order valence-electron chi connectivity index (χ0n) is 8.62. The topological polar surface area (TPSA) is 39.2 Å². The molecule has 76 valence electrons. The number of rotatable bonds is 5. The van der Waals surface area contributed by atoms with E-state index in [1.165, 1.54) is 0 Å². The first kappa shape index (κ1) is 10.9. The number of hydrogen-bond donors (Lipinski definition) is 0. The summed E-state index contributed by atoms with van der Waals surface area (Å²) in [7, 11) is 0. The minimum atomic E-state index is -0.0536. The predicted octanol–water partition coefficient (Wildman–Crippen LogP) is 2.00. The molecule has 0 aliphatic heterocycles. The molecule has 14 heavy (non-hydrogen) atoms. The van der Waals surface area contributed by atoms with Crippen LogP contribution in [0.2, 0.25) is 0 Å². The van der Waals surface area contributed by atoms with E-state index in [0.29, 0.717) is 12.3 Å². The van der Waals surface area contributed by atoms with Gasteiger partial charge in [-0.05, 0) is 31.0 Å². The van der Waals surface area contributed by atoms with Crippen molar-refractivity contribution >= 4 is 5.78 Å². The van der Waals surface area contributed by atoms with E-state index in [0.717, 1.165) is 12.0 Å². The van der Waals surface area contributed by atoms with Gasteiger partial charge in [0.25, 0.3) is 0 Å². The maximum atomic E-state index is 11.5. The van der Waals surface area contributed by atoms with Gasteiger partial charge >= 0.3 is 0 Å². The number of ether oxygens (including phenoxy) is 1. The quantitative estimate of drug-likeness (QED) is 0.530. The number of Topliss-reactive ketones (excluding diaryl/α,β-unsaturated/α-hetero) is 1. The predicted molar refractivity (Wildman–Crippen MR) is 54.4 cm³/mol. The number of nitrogens with zero attached hydrogens (tertiary/aromatic N) is 1. The van der Waals surface area contributed by atoms with Gasteiger partial charge in [0.1, 0.15) is 12.3 Å². The molecule has 0 N–H and O–H groups in total. The number of carbonyl (C=O) groups excluding carboxylic acids is 1. The van der Waals surface area contributed by atoms with Crippen molar-refractivity contribution in [2.75, 3.05) is 13.2 Å². The Balaban J connectivity index is 2.52. The first-order valence-electron chi connectivity index (χ1n) is 4.77. The van der Waals surface area contributed by atoms with Gasteiger partial charge in [0, 0.05) is 12.8 Å². The third-order valence-corrected chi connectivity index (χ3v) is 1.78. The molecule has 1 heterocycles. The summed E-state index contributed by atoms with van der Waals surface area (Å²) in [4.78, 5) is 15.5. The molecular formula is C11H15NO2. The van der Waals surface area contributed by atoms with E-state index >= 15 is 0 Å². The first-order chi connectivity index (χ1) is 6.74. The van der Waals surface area contributed by atoms with Gasteiger partial charge in [-0.3, -0.25) is 9.78 Å². The van der Waals surface area contributed by atoms with E-state index in [4.69, 9.17) is 4.74 Å². The molecular weight excluding hydrogens is 178 g/mol. The lowest BCUT2D eigenvalue weighted by molar-refractivity contribution is 0.0756. The van der Waals surface area contributed by atoms with Crippen LogP contribution in [0.5, 0.6) is 0 Å². The molecule has 1 aromatic heterocycles. The van der Waals surface area contributed by atoms with Gasteiger partial charge in [0.15, 0.2) is 0 Å². The molecule has 3 heteroatoms. The summed E-state index contributed by atoms with van der Waals surface area (Å²) in [6.07, 6.45) is 2.57. The van der Waals surface area contributed by atoms with Crippen molar-refractivity contribution in [3.05, 3.63) is 29.6 Å². The molecule has 0 radical (unpaired) electrons. The summed E-state index contributed by atoms with van der Waals surface area (Å²) < 4.78 is 5.15. The number of carbonyl (C=O) groups is 1. The molecule has 0 saturated carbocycles. The van der Waals surface area contributed by atoms with Crippen LogP contribution in [0.1, 0.15) is 29.4 Å². The minimum Gasteiger partial charge on any atom is -0.373 e. The summed E-state index contributed by atoms with van der Waals surface area (Å²) in [6.45, 7) is 4.70. The molecule has 0 aromatic carbocycles. The second-order valence-electron chi connectivity index (χ2n) is 3.19. The van der Waals surface area contributed by atoms with E-state index < -0.39 is 0 Å². The Bertz CT molecular complexity index is 310. The molecule has 0 bridgehead atoms. The van der Waals surface area contributed by atoms with Crippen LogP contribution in [0, 0.1) is 6.92 Å². The van der Waals surface area contributed by atoms with Gasteiger partial charge in [-0.2, -0.15) is 0 Å². The lowest BCUT2D eigenvalue weighted by Gasteiger charge is -2.01. The standard InChI is InChI=1S/C11H15NO2/c1-3-6-14-8-11(13)10-7-9(2)4-5-12-10/h4-5,7H,3,6,8H2,1-2H3. The van der Waals surface area contributed by atoms with Gasteiger partial charge in [-0.15, -0.1) is 0 Å². The van der Waals surface area contributed by atoms with Crippen LogP contribution in [0.3, 0.4) is 0 Å². The minimum absolute atomic E-state index is 0.0536. The molecule has 0 atom stereocenters. The average Bonchev–Trinajstić information content (AvgIpc) is 2.18. The molecule has 0 aliphatic rings. The zero-order valence-corrected chi connectivity index (χ0v) is 8.62. The van der Waals surface area contributed by atoms with Gasteiger partial charge in [0.2, 0.25) is 5.78 Å². The number of pyridine rings is 1. The van der Waals surface area contributed by atoms with E-state index in [1.807, 2.05) is 19.9 Å². The highest BCUT2D eigenvalue weighted by molar-refractivity contribution is 5.95. The van der Waals surface area contributed by atoms with Crippen molar-refractivity contribution in [3.8, 4) is 0 Å². The molecule has 1 rings (SSSR count). The van der Waals surface area contributed by atoms with E-state index in [2.05, 4.69) is 4.98 Å². The molecule has 0 amide bonds. The van der Waals surface area contributed by atoms with E-state index in [1.54, 1.807) is 12.3 Å². The van der Waals surface area contributed by atoms with Crippen LogP contribution in [0.4, 0.5) is 0 Å². The highest BCUT2D eigenvalue weighted by Gasteiger charge is 2.06. The number of ketones is 1. The Morgan fingerprint density at radius 3 is 3.00 bits per heavy atom. The van der Waals surface area contributed by atoms with Gasteiger partial charge < -0.3 is 4.74 Å². The fourth-order valence-electron chi connectivity index (χ4n) is 1.07.